The number of aliphatic hydroxyl groups is 3. The van der Waals surface area contributed by atoms with Gasteiger partial charge < -0.3 is 24.8 Å². The number of nitrogens with one attached hydrogen (secondary N) is 1. The van der Waals surface area contributed by atoms with E-state index in [2.05, 4.69) is 32.5 Å². The summed E-state index contributed by atoms with van der Waals surface area (Å²) in [4.78, 5) is 12.2. The Hall–Kier alpha value is -1.46. The zero-order chi connectivity index (χ0) is 14.3. The van der Waals surface area contributed by atoms with E-state index < -0.39 is 24.5 Å². The number of hydrogen-bond donors (Lipinski definition) is 5. The third kappa shape index (κ3) is 1.93. The van der Waals surface area contributed by atoms with Crippen molar-refractivity contribution >= 4 is 29.8 Å². The van der Waals surface area contributed by atoms with Crippen LogP contribution in [0.4, 0.5) is 5.82 Å². The van der Waals surface area contributed by atoms with Crippen LogP contribution in [0.15, 0.2) is 12.7 Å². The second-order valence-corrected chi connectivity index (χ2v) is 4.61. The Morgan fingerprint density at radius 2 is 2.10 bits per heavy atom. The third-order valence-corrected chi connectivity index (χ3v) is 3.47. The van der Waals surface area contributed by atoms with Crippen LogP contribution in [-0.2, 0) is 4.74 Å². The van der Waals surface area contributed by atoms with Crippen molar-refractivity contribution in [2.24, 2.45) is 0 Å². The normalized spacial score (nSPS) is 30.0. The topological polar surface area (TPSA) is 126 Å². The average Bonchev–Trinajstić information content (AvgIpc) is 3.01. The van der Waals surface area contributed by atoms with E-state index in [1.54, 1.807) is 0 Å². The molecule has 1 saturated heterocycles. The van der Waals surface area contributed by atoms with E-state index in [4.69, 9.17) is 9.84 Å². The highest BCUT2D eigenvalue weighted by atomic mass is 32.1. The standard InChI is InChI=1S/C10H13N5O4S/c16-1-4-6(17)7(18)10(19-4)15-3-13-5-8(14-20)11-2-12-9(5)15/h2-4,6-7,10,16-18,20H,1H2,(H,11,12,14)/t4-,6-,7-,10-/m1/s1. The second kappa shape index (κ2) is 5.14. The van der Waals surface area contributed by atoms with Crippen LogP contribution in [-0.4, -0.2) is 59.8 Å². The van der Waals surface area contributed by atoms with Crippen LogP contribution in [0.3, 0.4) is 0 Å². The van der Waals surface area contributed by atoms with E-state index in [0.717, 1.165) is 0 Å². The summed E-state index contributed by atoms with van der Waals surface area (Å²) in [5.74, 6) is 0.420. The van der Waals surface area contributed by atoms with Crippen LogP contribution in [0.1, 0.15) is 6.23 Å². The molecule has 1 aliphatic rings. The number of ether oxygens (including phenoxy) is 1. The van der Waals surface area contributed by atoms with Gasteiger partial charge in [0.05, 0.1) is 12.9 Å². The first-order valence-electron chi connectivity index (χ1n) is 5.87. The minimum absolute atomic E-state index is 0.389. The van der Waals surface area contributed by atoms with Crippen molar-refractivity contribution in [2.75, 3.05) is 11.3 Å². The van der Waals surface area contributed by atoms with Gasteiger partial charge in [-0.15, -0.1) is 0 Å². The molecular formula is C10H13N5O4S. The van der Waals surface area contributed by atoms with Crippen LogP contribution < -0.4 is 4.72 Å². The summed E-state index contributed by atoms with van der Waals surface area (Å²) in [6.45, 7) is -0.389. The maximum atomic E-state index is 10.0. The molecule has 0 amide bonds. The first-order valence-corrected chi connectivity index (χ1v) is 6.32. The maximum absolute atomic E-state index is 10.0. The number of fused-ring (bicyclic) bond motifs is 1. The van der Waals surface area contributed by atoms with E-state index in [1.807, 2.05) is 0 Å². The van der Waals surface area contributed by atoms with Crippen molar-refractivity contribution in [1.82, 2.24) is 19.5 Å². The molecule has 0 saturated carbocycles. The highest BCUT2D eigenvalue weighted by molar-refractivity contribution is 7.81. The Labute approximate surface area is 118 Å². The van der Waals surface area contributed by atoms with E-state index in [-0.39, 0.29) is 6.61 Å². The molecule has 0 radical (unpaired) electrons. The number of imidazole rings is 1. The summed E-state index contributed by atoms with van der Waals surface area (Å²) in [6, 6.07) is 0. The number of aromatic nitrogens is 4. The predicted octanol–water partition coefficient (Wildman–Crippen LogP) is -1.31. The van der Waals surface area contributed by atoms with Crippen LogP contribution in [0.5, 0.6) is 0 Å². The highest BCUT2D eigenvalue weighted by Crippen LogP contribution is 2.31. The third-order valence-electron chi connectivity index (χ3n) is 3.26. The molecule has 2 aromatic rings. The second-order valence-electron chi connectivity index (χ2n) is 4.39. The Morgan fingerprint density at radius 1 is 1.30 bits per heavy atom. The fourth-order valence-corrected chi connectivity index (χ4v) is 2.39. The molecule has 0 aliphatic carbocycles. The zero-order valence-corrected chi connectivity index (χ0v) is 11.1. The van der Waals surface area contributed by atoms with Crippen LogP contribution in [0, 0.1) is 0 Å². The first kappa shape index (κ1) is 13.5. The molecule has 3 rings (SSSR count). The fraction of sp³-hybridized carbons (Fsp3) is 0.500. The van der Waals surface area contributed by atoms with Crippen molar-refractivity contribution in [1.29, 1.82) is 0 Å². The van der Waals surface area contributed by atoms with Gasteiger partial charge in [0, 0.05) is 0 Å². The molecule has 0 aromatic carbocycles. The van der Waals surface area contributed by atoms with E-state index in [0.29, 0.717) is 17.0 Å². The summed E-state index contributed by atoms with van der Waals surface area (Å²) >= 11 is 3.92. The predicted molar refractivity (Wildman–Crippen MR) is 70.9 cm³/mol. The van der Waals surface area contributed by atoms with Gasteiger partial charge >= 0.3 is 0 Å². The lowest BCUT2D eigenvalue weighted by Gasteiger charge is -2.16. The van der Waals surface area contributed by atoms with Crippen LogP contribution in [0.25, 0.3) is 11.2 Å². The molecule has 2 aromatic heterocycles. The van der Waals surface area contributed by atoms with Gasteiger partial charge in [-0.25, -0.2) is 15.0 Å². The quantitative estimate of drug-likeness (QED) is 0.443. The Morgan fingerprint density at radius 3 is 2.75 bits per heavy atom. The molecular weight excluding hydrogens is 286 g/mol. The van der Waals surface area contributed by atoms with E-state index in [1.165, 1.54) is 17.2 Å². The van der Waals surface area contributed by atoms with Crippen molar-refractivity contribution in [3.8, 4) is 0 Å². The number of hydrogen-bond acceptors (Lipinski definition) is 9. The smallest absolute Gasteiger partial charge is 0.167 e. The van der Waals surface area contributed by atoms with Gasteiger partial charge in [0.2, 0.25) is 0 Å². The molecule has 10 heteroatoms. The molecule has 0 bridgehead atoms. The summed E-state index contributed by atoms with van der Waals surface area (Å²) in [7, 11) is 0. The van der Waals surface area contributed by atoms with Gasteiger partial charge in [0.1, 0.15) is 24.6 Å². The molecule has 9 nitrogen and oxygen atoms in total. The van der Waals surface area contributed by atoms with Gasteiger partial charge in [0.15, 0.2) is 23.2 Å². The van der Waals surface area contributed by atoms with Crippen molar-refractivity contribution in [3.05, 3.63) is 12.7 Å². The van der Waals surface area contributed by atoms with E-state index in [9.17, 15) is 10.2 Å². The van der Waals surface area contributed by atoms with Crippen molar-refractivity contribution in [2.45, 2.75) is 24.5 Å². The highest BCUT2D eigenvalue weighted by Gasteiger charge is 2.43. The van der Waals surface area contributed by atoms with Gasteiger partial charge in [-0.3, -0.25) is 4.57 Å². The Kier molecular flexibility index (Phi) is 3.48. The first-order chi connectivity index (χ1) is 9.67. The minimum atomic E-state index is -1.19. The molecule has 1 fully saturated rings. The number of thiol groups is 1. The number of nitrogens with zero attached hydrogens (tertiary/aromatic N) is 4. The molecule has 3 heterocycles. The van der Waals surface area contributed by atoms with Crippen LogP contribution in [0.2, 0.25) is 0 Å². The average molecular weight is 299 g/mol. The van der Waals surface area contributed by atoms with Gasteiger partial charge in [0.25, 0.3) is 0 Å². The van der Waals surface area contributed by atoms with Gasteiger partial charge in [-0.1, -0.05) is 12.8 Å². The van der Waals surface area contributed by atoms with Crippen molar-refractivity contribution < 1.29 is 20.1 Å². The molecule has 108 valence electrons. The monoisotopic (exact) mass is 299 g/mol. The molecule has 0 spiro atoms. The number of anilines is 1. The molecule has 4 N–H and O–H groups in total. The van der Waals surface area contributed by atoms with Crippen LogP contribution >= 0.6 is 12.8 Å². The molecule has 0 unspecified atom stereocenters. The SMILES string of the molecule is OC[C@H]1O[C@@H](n2cnc3c(NS)ncnc32)[C@H](O)[C@@H]1O. The summed E-state index contributed by atoms with van der Waals surface area (Å²) in [6.07, 6.45) is -1.35. The maximum Gasteiger partial charge on any atom is 0.167 e. The Bertz CT molecular complexity index is 623. The molecule has 1 aliphatic heterocycles. The fourth-order valence-electron chi connectivity index (χ4n) is 2.23. The van der Waals surface area contributed by atoms with Gasteiger partial charge in [-0.05, 0) is 0 Å². The number of aliphatic hydroxyl groups excluding tert-OH is 3. The molecule has 4 atom stereocenters. The largest absolute Gasteiger partial charge is 0.394 e. The minimum Gasteiger partial charge on any atom is -0.394 e. The lowest BCUT2D eigenvalue weighted by Crippen LogP contribution is -2.33. The van der Waals surface area contributed by atoms with Gasteiger partial charge in [-0.2, -0.15) is 0 Å². The summed E-state index contributed by atoms with van der Waals surface area (Å²) < 4.78 is 9.50. The molecule has 20 heavy (non-hydrogen) atoms. The summed E-state index contributed by atoms with van der Waals surface area (Å²) in [5, 5.41) is 28.9. The van der Waals surface area contributed by atoms with E-state index >= 15 is 0 Å². The number of rotatable bonds is 3. The lowest BCUT2D eigenvalue weighted by molar-refractivity contribution is -0.0511. The lowest BCUT2D eigenvalue weighted by atomic mass is 10.1. The zero-order valence-electron chi connectivity index (χ0n) is 10.2. The van der Waals surface area contributed by atoms with Crippen molar-refractivity contribution in [3.63, 3.8) is 0 Å². The summed E-state index contributed by atoms with van der Waals surface area (Å²) in [5.41, 5.74) is 0.881. The Balaban J connectivity index is 2.03.